The molecule has 0 aliphatic rings. The minimum Gasteiger partial charge on any atom is -0.489 e. The van der Waals surface area contributed by atoms with E-state index in [1.165, 1.54) is 11.3 Å². The third-order valence-corrected chi connectivity index (χ3v) is 5.19. The molecule has 6 nitrogen and oxygen atoms in total. The van der Waals surface area contributed by atoms with E-state index in [0.717, 1.165) is 16.0 Å². The summed E-state index contributed by atoms with van der Waals surface area (Å²) in [5.41, 5.74) is 12.5. The van der Waals surface area contributed by atoms with Crippen molar-refractivity contribution in [1.82, 2.24) is 0 Å². The normalized spacial score (nSPS) is 10.4. The third kappa shape index (κ3) is 4.58. The summed E-state index contributed by atoms with van der Waals surface area (Å²) < 4.78 is 5.75. The van der Waals surface area contributed by atoms with Crippen LogP contribution in [0.3, 0.4) is 0 Å². The molecule has 3 rings (SSSR count). The van der Waals surface area contributed by atoms with E-state index in [0.29, 0.717) is 22.4 Å². The van der Waals surface area contributed by atoms with Crippen molar-refractivity contribution in [3.05, 3.63) is 70.7 Å². The molecule has 0 unspecified atom stereocenters. The SMILES string of the molecule is NC(=O)Nc1sc(-c2ccc(OCc3ccccc3Cl)cc2)cc1C(N)=O. The number of primary amides is 2. The van der Waals surface area contributed by atoms with E-state index in [1.54, 1.807) is 6.07 Å². The summed E-state index contributed by atoms with van der Waals surface area (Å²) >= 11 is 7.34. The Balaban J connectivity index is 1.76. The number of thiophene rings is 1. The largest absolute Gasteiger partial charge is 0.489 e. The van der Waals surface area contributed by atoms with Gasteiger partial charge >= 0.3 is 6.03 Å². The molecular formula is C19H16ClN3O3S. The topological polar surface area (TPSA) is 107 Å². The van der Waals surface area contributed by atoms with Gasteiger partial charge in [0.25, 0.3) is 5.91 Å². The molecule has 3 amide bonds. The molecule has 1 heterocycles. The van der Waals surface area contributed by atoms with E-state index < -0.39 is 11.9 Å². The van der Waals surface area contributed by atoms with Crippen molar-refractivity contribution in [2.24, 2.45) is 11.5 Å². The maximum absolute atomic E-state index is 11.6. The van der Waals surface area contributed by atoms with Crippen LogP contribution in [0.2, 0.25) is 5.02 Å². The molecule has 0 atom stereocenters. The molecular weight excluding hydrogens is 386 g/mol. The smallest absolute Gasteiger partial charge is 0.317 e. The number of halogens is 1. The molecule has 0 aliphatic carbocycles. The van der Waals surface area contributed by atoms with E-state index in [9.17, 15) is 9.59 Å². The van der Waals surface area contributed by atoms with E-state index in [1.807, 2.05) is 48.5 Å². The molecule has 0 fully saturated rings. The highest BCUT2D eigenvalue weighted by Gasteiger charge is 2.16. The number of carbonyl (C=O) groups is 2. The second-order valence-electron chi connectivity index (χ2n) is 5.61. The van der Waals surface area contributed by atoms with E-state index >= 15 is 0 Å². The molecule has 8 heteroatoms. The van der Waals surface area contributed by atoms with Crippen molar-refractivity contribution in [2.75, 3.05) is 5.32 Å². The number of ether oxygens (including phenoxy) is 1. The zero-order chi connectivity index (χ0) is 19.4. The van der Waals surface area contributed by atoms with Crippen molar-refractivity contribution in [2.45, 2.75) is 6.61 Å². The molecule has 3 aromatic rings. The Morgan fingerprint density at radius 3 is 2.41 bits per heavy atom. The van der Waals surface area contributed by atoms with Crippen LogP contribution in [0.15, 0.2) is 54.6 Å². The van der Waals surface area contributed by atoms with Gasteiger partial charge in [-0.25, -0.2) is 4.79 Å². The summed E-state index contributed by atoms with van der Waals surface area (Å²) in [5, 5.41) is 3.40. The Hall–Kier alpha value is -3.03. The van der Waals surface area contributed by atoms with Crippen LogP contribution in [0.1, 0.15) is 15.9 Å². The quantitative estimate of drug-likeness (QED) is 0.574. The molecule has 0 saturated heterocycles. The second kappa shape index (κ2) is 8.11. The fraction of sp³-hybridized carbons (Fsp3) is 0.0526. The van der Waals surface area contributed by atoms with Crippen LogP contribution in [-0.4, -0.2) is 11.9 Å². The molecule has 5 N–H and O–H groups in total. The highest BCUT2D eigenvalue weighted by molar-refractivity contribution is 7.20. The first-order valence-electron chi connectivity index (χ1n) is 7.91. The predicted molar refractivity (Wildman–Crippen MR) is 107 cm³/mol. The van der Waals surface area contributed by atoms with Crippen molar-refractivity contribution >= 4 is 39.9 Å². The lowest BCUT2D eigenvalue weighted by molar-refractivity contribution is 0.100. The number of urea groups is 1. The van der Waals surface area contributed by atoms with Crippen molar-refractivity contribution in [3.63, 3.8) is 0 Å². The molecule has 0 spiro atoms. The van der Waals surface area contributed by atoms with Gasteiger partial charge in [-0.3, -0.25) is 10.1 Å². The first-order chi connectivity index (χ1) is 12.9. The third-order valence-electron chi connectivity index (χ3n) is 3.73. The Morgan fingerprint density at radius 1 is 1.07 bits per heavy atom. The van der Waals surface area contributed by atoms with Crippen molar-refractivity contribution < 1.29 is 14.3 Å². The molecule has 0 saturated carbocycles. The van der Waals surface area contributed by atoms with Gasteiger partial charge < -0.3 is 16.2 Å². The number of nitrogens with one attached hydrogen (secondary N) is 1. The summed E-state index contributed by atoms with van der Waals surface area (Å²) in [6.45, 7) is 0.358. The van der Waals surface area contributed by atoms with Gasteiger partial charge in [0, 0.05) is 15.5 Å². The Kier molecular flexibility index (Phi) is 5.63. The first kappa shape index (κ1) is 18.8. The predicted octanol–water partition coefficient (Wildman–Crippen LogP) is 4.24. The molecule has 138 valence electrons. The van der Waals surface area contributed by atoms with Gasteiger partial charge in [0.1, 0.15) is 17.4 Å². The lowest BCUT2D eigenvalue weighted by atomic mass is 10.1. The van der Waals surface area contributed by atoms with Crippen LogP contribution >= 0.6 is 22.9 Å². The Bertz CT molecular complexity index is 986. The monoisotopic (exact) mass is 401 g/mol. The van der Waals surface area contributed by atoms with Gasteiger partial charge in [-0.05, 0) is 42.0 Å². The van der Waals surface area contributed by atoms with Crippen LogP contribution < -0.4 is 21.5 Å². The Labute approximate surface area is 164 Å². The van der Waals surface area contributed by atoms with Gasteiger partial charge in [-0.1, -0.05) is 29.8 Å². The zero-order valence-corrected chi connectivity index (χ0v) is 15.6. The van der Waals surface area contributed by atoms with Crippen LogP contribution in [0, 0.1) is 0 Å². The van der Waals surface area contributed by atoms with Crippen LogP contribution in [-0.2, 0) is 6.61 Å². The summed E-state index contributed by atoms with van der Waals surface area (Å²) in [6.07, 6.45) is 0. The fourth-order valence-electron chi connectivity index (χ4n) is 2.41. The number of nitrogens with two attached hydrogens (primary N) is 2. The van der Waals surface area contributed by atoms with Gasteiger partial charge in [-0.15, -0.1) is 11.3 Å². The standard InChI is InChI=1S/C19H16ClN3O3S/c20-15-4-2-1-3-12(15)10-26-13-7-5-11(6-8-13)16-9-14(17(21)24)18(27-16)23-19(22)25/h1-9H,10H2,(H2,21,24)(H3,22,23,25). The van der Waals surface area contributed by atoms with Crippen molar-refractivity contribution in [3.8, 4) is 16.2 Å². The summed E-state index contributed by atoms with van der Waals surface area (Å²) in [5.74, 6) is 0.0433. The molecule has 0 radical (unpaired) electrons. The maximum Gasteiger partial charge on any atom is 0.317 e. The van der Waals surface area contributed by atoms with Crippen LogP contribution in [0.5, 0.6) is 5.75 Å². The second-order valence-corrected chi connectivity index (χ2v) is 7.07. The van der Waals surface area contributed by atoms with Gasteiger partial charge in [0.05, 0.1) is 5.56 Å². The summed E-state index contributed by atoms with van der Waals surface area (Å²) in [7, 11) is 0. The highest BCUT2D eigenvalue weighted by Crippen LogP contribution is 2.36. The zero-order valence-electron chi connectivity index (χ0n) is 14.1. The van der Waals surface area contributed by atoms with Crippen LogP contribution in [0.25, 0.3) is 10.4 Å². The highest BCUT2D eigenvalue weighted by atomic mass is 35.5. The van der Waals surface area contributed by atoms with Gasteiger partial charge in [0.15, 0.2) is 0 Å². The van der Waals surface area contributed by atoms with E-state index in [4.69, 9.17) is 27.8 Å². The summed E-state index contributed by atoms with van der Waals surface area (Å²) in [4.78, 5) is 23.4. The number of amides is 3. The van der Waals surface area contributed by atoms with Gasteiger partial charge in [0.2, 0.25) is 0 Å². The molecule has 0 bridgehead atoms. The average Bonchev–Trinajstić information content (AvgIpc) is 3.05. The molecule has 2 aromatic carbocycles. The van der Waals surface area contributed by atoms with E-state index in [2.05, 4.69) is 5.32 Å². The maximum atomic E-state index is 11.6. The molecule has 27 heavy (non-hydrogen) atoms. The number of hydrogen-bond acceptors (Lipinski definition) is 4. The number of anilines is 1. The molecule has 0 aliphatic heterocycles. The number of benzene rings is 2. The Morgan fingerprint density at radius 2 is 1.78 bits per heavy atom. The van der Waals surface area contributed by atoms with Gasteiger partial charge in [-0.2, -0.15) is 0 Å². The minimum atomic E-state index is -0.755. The number of carbonyl (C=O) groups excluding carboxylic acids is 2. The minimum absolute atomic E-state index is 0.216. The summed E-state index contributed by atoms with van der Waals surface area (Å²) in [6, 6.07) is 15.7. The van der Waals surface area contributed by atoms with Crippen molar-refractivity contribution in [1.29, 1.82) is 0 Å². The fourth-order valence-corrected chi connectivity index (χ4v) is 3.68. The average molecular weight is 402 g/mol. The lowest BCUT2D eigenvalue weighted by Gasteiger charge is -2.08. The lowest BCUT2D eigenvalue weighted by Crippen LogP contribution is -2.21. The molecule has 1 aromatic heterocycles. The number of rotatable bonds is 6. The first-order valence-corrected chi connectivity index (χ1v) is 9.10. The number of hydrogen-bond donors (Lipinski definition) is 3. The van der Waals surface area contributed by atoms with Crippen LogP contribution in [0.4, 0.5) is 9.80 Å². The van der Waals surface area contributed by atoms with E-state index in [-0.39, 0.29) is 5.56 Å².